The highest BCUT2D eigenvalue weighted by Gasteiger charge is 2.30. The van der Waals surface area contributed by atoms with Gasteiger partial charge in [-0.05, 0) is 47.9 Å². The van der Waals surface area contributed by atoms with E-state index in [4.69, 9.17) is 27.8 Å². The first-order chi connectivity index (χ1) is 20.3. The second-order valence-corrected chi connectivity index (χ2v) is 9.94. The van der Waals surface area contributed by atoms with Crippen LogP contribution in [-0.2, 0) is 29.0 Å². The number of carbonyl (C=O) groups excluding carboxylic acids is 1. The first kappa shape index (κ1) is 28.7. The van der Waals surface area contributed by atoms with Gasteiger partial charge in [-0.3, -0.25) is 19.3 Å². The zero-order valence-electron chi connectivity index (χ0n) is 23.7. The Morgan fingerprint density at radius 1 is 1.00 bits per heavy atom. The Morgan fingerprint density at radius 2 is 1.74 bits per heavy atom. The molecule has 11 nitrogen and oxygen atoms in total. The molecular weight excluding hydrogens is 546 g/mol. The van der Waals surface area contributed by atoms with Crippen LogP contribution in [0.25, 0.3) is 11.0 Å². The van der Waals surface area contributed by atoms with Crippen LogP contribution >= 0.6 is 0 Å². The first-order valence-electron chi connectivity index (χ1n) is 13.2. The predicted octanol–water partition coefficient (Wildman–Crippen LogP) is 3.73. The zero-order valence-corrected chi connectivity index (χ0v) is 23.7. The van der Waals surface area contributed by atoms with E-state index in [1.165, 1.54) is 32.6 Å². The summed E-state index contributed by atoms with van der Waals surface area (Å²) in [5.41, 5.74) is 1.35. The monoisotopic (exact) mass is 577 g/mol. The van der Waals surface area contributed by atoms with Crippen molar-refractivity contribution in [3.05, 3.63) is 91.3 Å². The maximum atomic E-state index is 13.6. The molecular formula is C31H31NO10. The standard InChI is InChI=1S/C31H31NO10/c1-37-19-5-6-25-22(11-19)29(35)23(16-41-25)21(13-28(34)40-4)31-30(36)24(33)12-20(42-31)15-32-8-7-17-9-26(38-2)27(39-3)10-18(17)14-32/h5-6,9-12,16,21,36H,7-8,13-15H2,1-4H3/t21-/m0/s1. The lowest BCUT2D eigenvalue weighted by atomic mass is 9.92. The van der Waals surface area contributed by atoms with E-state index >= 15 is 0 Å². The number of carbonyl (C=O) groups is 1. The third-order valence-electron chi connectivity index (χ3n) is 7.47. The molecule has 1 N–H and O–H groups in total. The van der Waals surface area contributed by atoms with Gasteiger partial charge in [0.2, 0.25) is 11.2 Å². The highest BCUT2D eigenvalue weighted by Crippen LogP contribution is 2.35. The van der Waals surface area contributed by atoms with Gasteiger partial charge in [0.15, 0.2) is 22.7 Å². The molecule has 2 aromatic carbocycles. The van der Waals surface area contributed by atoms with Gasteiger partial charge in [-0.25, -0.2) is 0 Å². The molecule has 1 atom stereocenters. The maximum Gasteiger partial charge on any atom is 0.306 e. The Bertz CT molecular complexity index is 1760. The molecule has 0 saturated heterocycles. The molecule has 0 amide bonds. The number of hydrogen-bond donors (Lipinski definition) is 1. The van der Waals surface area contributed by atoms with Crippen LogP contribution in [0.5, 0.6) is 23.0 Å². The molecule has 2 aromatic heterocycles. The van der Waals surface area contributed by atoms with Gasteiger partial charge in [-0.2, -0.15) is 0 Å². The summed E-state index contributed by atoms with van der Waals surface area (Å²) in [4.78, 5) is 41.1. The Balaban J connectivity index is 1.52. The lowest BCUT2D eigenvalue weighted by Gasteiger charge is -2.29. The molecule has 1 aliphatic rings. The van der Waals surface area contributed by atoms with Gasteiger partial charge in [0.1, 0.15) is 17.1 Å². The first-order valence-corrected chi connectivity index (χ1v) is 13.2. The van der Waals surface area contributed by atoms with Gasteiger partial charge < -0.3 is 32.9 Å². The molecule has 220 valence electrons. The topological polar surface area (TPSA) is 138 Å². The van der Waals surface area contributed by atoms with Crippen molar-refractivity contribution >= 4 is 16.9 Å². The smallest absolute Gasteiger partial charge is 0.306 e. The quantitative estimate of drug-likeness (QED) is 0.291. The zero-order chi connectivity index (χ0) is 30.0. The van der Waals surface area contributed by atoms with E-state index in [9.17, 15) is 19.5 Å². The normalized spacial score (nSPS) is 13.8. The Labute approximate surface area is 240 Å². The van der Waals surface area contributed by atoms with E-state index in [0.29, 0.717) is 35.9 Å². The van der Waals surface area contributed by atoms with E-state index in [0.717, 1.165) is 17.5 Å². The Morgan fingerprint density at radius 3 is 2.43 bits per heavy atom. The summed E-state index contributed by atoms with van der Waals surface area (Å²) in [5.74, 6) is -0.767. The number of nitrogens with zero attached hydrogens (tertiary/aromatic N) is 1. The summed E-state index contributed by atoms with van der Waals surface area (Å²) in [6.45, 7) is 1.46. The van der Waals surface area contributed by atoms with Crippen molar-refractivity contribution in [2.24, 2.45) is 0 Å². The number of aromatic hydroxyl groups is 1. The van der Waals surface area contributed by atoms with Crippen molar-refractivity contribution in [3.63, 3.8) is 0 Å². The Hall–Kier alpha value is -4.77. The molecule has 3 heterocycles. The van der Waals surface area contributed by atoms with E-state index < -0.39 is 28.5 Å². The van der Waals surface area contributed by atoms with Crippen molar-refractivity contribution in [1.29, 1.82) is 0 Å². The molecule has 0 radical (unpaired) electrons. The van der Waals surface area contributed by atoms with Crippen LogP contribution < -0.4 is 25.1 Å². The van der Waals surface area contributed by atoms with Gasteiger partial charge in [0, 0.05) is 24.7 Å². The summed E-state index contributed by atoms with van der Waals surface area (Å²) in [7, 11) is 5.85. The highest BCUT2D eigenvalue weighted by molar-refractivity contribution is 5.79. The summed E-state index contributed by atoms with van der Waals surface area (Å²) in [6.07, 6.45) is 1.56. The van der Waals surface area contributed by atoms with E-state index in [1.54, 1.807) is 26.4 Å². The fourth-order valence-electron chi connectivity index (χ4n) is 5.25. The number of ether oxygens (including phenoxy) is 4. The lowest BCUT2D eigenvalue weighted by molar-refractivity contribution is -0.140. The van der Waals surface area contributed by atoms with Crippen LogP contribution in [0.4, 0.5) is 0 Å². The predicted molar refractivity (Wildman–Crippen MR) is 152 cm³/mol. The second-order valence-electron chi connectivity index (χ2n) is 9.94. The summed E-state index contributed by atoms with van der Waals surface area (Å²) < 4.78 is 32.7. The number of esters is 1. The molecule has 0 fully saturated rings. The van der Waals surface area contributed by atoms with Crippen LogP contribution in [-0.4, -0.2) is 51.0 Å². The number of hydrogen-bond acceptors (Lipinski definition) is 11. The number of benzene rings is 2. The van der Waals surface area contributed by atoms with Crippen LogP contribution in [0, 0.1) is 0 Å². The Kier molecular flexibility index (Phi) is 8.21. The summed E-state index contributed by atoms with van der Waals surface area (Å²) >= 11 is 0. The van der Waals surface area contributed by atoms with Gasteiger partial charge in [-0.15, -0.1) is 0 Å². The fourth-order valence-corrected chi connectivity index (χ4v) is 5.25. The van der Waals surface area contributed by atoms with Crippen LogP contribution in [0.15, 0.2) is 61.1 Å². The minimum atomic E-state index is -1.16. The average Bonchev–Trinajstić information content (AvgIpc) is 3.01. The van der Waals surface area contributed by atoms with Crippen LogP contribution in [0.3, 0.4) is 0 Å². The molecule has 11 heteroatoms. The third kappa shape index (κ3) is 5.55. The molecule has 0 unspecified atom stereocenters. The van der Waals surface area contributed by atoms with Gasteiger partial charge >= 0.3 is 5.97 Å². The molecule has 4 aromatic rings. The van der Waals surface area contributed by atoms with Crippen molar-refractivity contribution in [3.8, 4) is 23.0 Å². The lowest BCUT2D eigenvalue weighted by Crippen LogP contribution is -2.30. The number of fused-ring (bicyclic) bond motifs is 2. The van der Waals surface area contributed by atoms with Crippen molar-refractivity contribution in [2.45, 2.75) is 31.8 Å². The number of rotatable bonds is 9. The van der Waals surface area contributed by atoms with Crippen LogP contribution in [0.1, 0.15) is 40.5 Å². The maximum absolute atomic E-state index is 13.6. The van der Waals surface area contributed by atoms with Gasteiger partial charge in [0.25, 0.3) is 0 Å². The summed E-state index contributed by atoms with van der Waals surface area (Å²) in [5, 5.41) is 11.0. The van der Waals surface area contributed by atoms with Gasteiger partial charge in [-0.1, -0.05) is 0 Å². The SMILES string of the molecule is COC(=O)C[C@H](c1oc(CN2CCc3cc(OC)c(OC)cc3C2)cc(=O)c1O)c1coc2ccc(OC)cc2c1=O. The third-order valence-corrected chi connectivity index (χ3v) is 7.47. The van der Waals surface area contributed by atoms with Crippen molar-refractivity contribution < 1.29 is 37.7 Å². The molecule has 42 heavy (non-hydrogen) atoms. The van der Waals surface area contributed by atoms with Gasteiger partial charge in [0.05, 0.1) is 59.0 Å². The van der Waals surface area contributed by atoms with Crippen LogP contribution in [0.2, 0.25) is 0 Å². The van der Waals surface area contributed by atoms with Crippen molar-refractivity contribution in [1.82, 2.24) is 4.90 Å². The fraction of sp³-hybridized carbons (Fsp3) is 0.323. The summed E-state index contributed by atoms with van der Waals surface area (Å²) in [6, 6.07) is 9.87. The second kappa shape index (κ2) is 12.0. The minimum Gasteiger partial charge on any atom is -0.502 e. The molecule has 0 bridgehead atoms. The molecule has 0 saturated carbocycles. The molecule has 0 spiro atoms. The number of methoxy groups -OCH3 is 4. The van der Waals surface area contributed by atoms with E-state index in [-0.39, 0.29) is 35.4 Å². The molecule has 1 aliphatic heterocycles. The molecule has 0 aliphatic carbocycles. The largest absolute Gasteiger partial charge is 0.502 e. The highest BCUT2D eigenvalue weighted by atomic mass is 16.5. The van der Waals surface area contributed by atoms with E-state index in [1.807, 2.05) is 12.1 Å². The molecule has 5 rings (SSSR count). The van der Waals surface area contributed by atoms with E-state index in [2.05, 4.69) is 4.90 Å². The average molecular weight is 578 g/mol. The van der Waals surface area contributed by atoms with Crippen molar-refractivity contribution in [2.75, 3.05) is 35.0 Å². The minimum absolute atomic E-state index is 0.0182.